The molecule has 7 heteroatoms. The zero-order valence-corrected chi connectivity index (χ0v) is 12.1. The third kappa shape index (κ3) is 4.17. The Morgan fingerprint density at radius 1 is 1.19 bits per heavy atom. The van der Waals surface area contributed by atoms with E-state index in [-0.39, 0.29) is 17.1 Å². The van der Waals surface area contributed by atoms with Crippen LogP contribution in [0.25, 0.3) is 0 Å². The number of anilines is 1. The van der Waals surface area contributed by atoms with Crippen LogP contribution in [0.4, 0.5) is 5.69 Å². The molecule has 0 amide bonds. The number of benzene rings is 1. The van der Waals surface area contributed by atoms with Gasteiger partial charge in [0.15, 0.2) is 0 Å². The number of rotatable bonds is 6. The number of hydrogen-bond acceptors (Lipinski definition) is 4. The van der Waals surface area contributed by atoms with Crippen LogP contribution in [0.3, 0.4) is 0 Å². The number of sulfonamides is 1. The highest BCUT2D eigenvalue weighted by Gasteiger charge is 2.14. The minimum Gasteiger partial charge on any atom is -0.396 e. The molecule has 21 heavy (non-hydrogen) atoms. The highest BCUT2D eigenvalue weighted by atomic mass is 32.2. The van der Waals surface area contributed by atoms with Crippen LogP contribution in [-0.2, 0) is 16.4 Å². The van der Waals surface area contributed by atoms with E-state index in [9.17, 15) is 13.2 Å². The maximum absolute atomic E-state index is 12.2. The Morgan fingerprint density at radius 2 is 2.00 bits per heavy atom. The summed E-state index contributed by atoms with van der Waals surface area (Å²) in [4.78, 5) is 13.3. The van der Waals surface area contributed by atoms with Crippen LogP contribution in [0.1, 0.15) is 12.0 Å². The van der Waals surface area contributed by atoms with Crippen molar-refractivity contribution in [1.82, 2.24) is 4.98 Å². The first-order chi connectivity index (χ1) is 10.0. The van der Waals surface area contributed by atoms with E-state index in [1.807, 2.05) is 6.07 Å². The predicted octanol–water partition coefficient (Wildman–Crippen LogP) is 1.10. The number of pyridine rings is 1. The van der Waals surface area contributed by atoms with Crippen molar-refractivity contribution in [1.29, 1.82) is 0 Å². The summed E-state index contributed by atoms with van der Waals surface area (Å²) >= 11 is 0. The van der Waals surface area contributed by atoms with Crippen molar-refractivity contribution in [3.8, 4) is 0 Å². The summed E-state index contributed by atoms with van der Waals surface area (Å²) in [5.41, 5.74) is 1.02. The lowest BCUT2D eigenvalue weighted by Crippen LogP contribution is -2.15. The van der Waals surface area contributed by atoms with E-state index in [1.165, 1.54) is 6.07 Å². The van der Waals surface area contributed by atoms with Crippen LogP contribution in [0.15, 0.2) is 52.3 Å². The quantitative estimate of drug-likeness (QED) is 0.744. The summed E-state index contributed by atoms with van der Waals surface area (Å²) in [5, 5.41) is 8.81. The normalized spacial score (nSPS) is 11.3. The van der Waals surface area contributed by atoms with Gasteiger partial charge in [0.05, 0.1) is 0 Å². The monoisotopic (exact) mass is 308 g/mol. The van der Waals surface area contributed by atoms with Gasteiger partial charge in [-0.05, 0) is 36.6 Å². The molecule has 1 heterocycles. The van der Waals surface area contributed by atoms with Crippen molar-refractivity contribution >= 4 is 15.7 Å². The van der Waals surface area contributed by atoms with E-state index in [2.05, 4.69) is 9.71 Å². The molecule has 1 aromatic carbocycles. The molecule has 0 spiro atoms. The lowest BCUT2D eigenvalue weighted by molar-refractivity contribution is 0.288. The fourth-order valence-corrected chi connectivity index (χ4v) is 2.87. The molecule has 0 atom stereocenters. The van der Waals surface area contributed by atoms with Gasteiger partial charge in [0.25, 0.3) is 10.0 Å². The van der Waals surface area contributed by atoms with Gasteiger partial charge in [-0.15, -0.1) is 0 Å². The lowest BCUT2D eigenvalue weighted by Gasteiger charge is -2.09. The van der Waals surface area contributed by atoms with E-state index in [4.69, 9.17) is 5.11 Å². The van der Waals surface area contributed by atoms with Crippen LogP contribution in [0.5, 0.6) is 0 Å². The molecule has 0 saturated carbocycles. The Morgan fingerprint density at radius 3 is 2.67 bits per heavy atom. The SMILES string of the molecule is O=c1ccc(S(=O)(=O)Nc2cccc(CCCO)c2)c[nH]1. The summed E-state index contributed by atoms with van der Waals surface area (Å²) in [7, 11) is -3.74. The average Bonchev–Trinajstić information content (AvgIpc) is 2.45. The number of aliphatic hydroxyl groups is 1. The minimum atomic E-state index is -3.74. The molecule has 3 N–H and O–H groups in total. The van der Waals surface area contributed by atoms with Crippen LogP contribution < -0.4 is 10.3 Å². The van der Waals surface area contributed by atoms with Crippen molar-refractivity contribution in [2.75, 3.05) is 11.3 Å². The second-order valence-electron chi connectivity index (χ2n) is 4.52. The molecule has 0 aliphatic heterocycles. The third-order valence-electron chi connectivity index (χ3n) is 2.87. The Kier molecular flexibility index (Phi) is 4.77. The number of H-pyrrole nitrogens is 1. The summed E-state index contributed by atoms with van der Waals surface area (Å²) in [6.07, 6.45) is 2.45. The topological polar surface area (TPSA) is 99.3 Å². The fraction of sp³-hybridized carbons (Fsp3) is 0.214. The number of nitrogens with one attached hydrogen (secondary N) is 2. The second kappa shape index (κ2) is 6.55. The molecular formula is C14H16N2O4S. The molecule has 112 valence electrons. The molecule has 0 aliphatic carbocycles. The maximum Gasteiger partial charge on any atom is 0.263 e. The summed E-state index contributed by atoms with van der Waals surface area (Å²) < 4.78 is 26.8. The van der Waals surface area contributed by atoms with E-state index < -0.39 is 10.0 Å². The summed E-state index contributed by atoms with van der Waals surface area (Å²) in [6.45, 7) is 0.0906. The molecule has 0 saturated heterocycles. The summed E-state index contributed by atoms with van der Waals surface area (Å²) in [5.74, 6) is 0. The van der Waals surface area contributed by atoms with Crippen molar-refractivity contribution < 1.29 is 13.5 Å². The van der Waals surface area contributed by atoms with E-state index in [0.717, 1.165) is 17.8 Å². The molecule has 2 aromatic rings. The van der Waals surface area contributed by atoms with Gasteiger partial charge in [-0.3, -0.25) is 9.52 Å². The summed E-state index contributed by atoms with van der Waals surface area (Å²) in [6, 6.07) is 9.39. The van der Waals surface area contributed by atoms with Gasteiger partial charge in [-0.1, -0.05) is 12.1 Å². The first kappa shape index (κ1) is 15.3. The molecule has 0 unspecified atom stereocenters. The Hall–Kier alpha value is -2.12. The van der Waals surface area contributed by atoms with E-state index in [1.54, 1.807) is 18.2 Å². The van der Waals surface area contributed by atoms with Gasteiger partial charge < -0.3 is 10.1 Å². The molecule has 0 aliphatic rings. The fourth-order valence-electron chi connectivity index (χ4n) is 1.85. The average molecular weight is 308 g/mol. The smallest absolute Gasteiger partial charge is 0.263 e. The van der Waals surface area contributed by atoms with Crippen molar-refractivity contribution in [3.05, 3.63) is 58.5 Å². The van der Waals surface area contributed by atoms with Crippen LogP contribution in [0, 0.1) is 0 Å². The highest BCUT2D eigenvalue weighted by Crippen LogP contribution is 2.17. The Labute approximate surface area is 122 Å². The third-order valence-corrected chi connectivity index (χ3v) is 4.25. The van der Waals surface area contributed by atoms with Crippen LogP contribution in [-0.4, -0.2) is 25.1 Å². The Balaban J connectivity index is 2.20. The first-order valence-electron chi connectivity index (χ1n) is 6.42. The zero-order valence-electron chi connectivity index (χ0n) is 11.2. The van der Waals surface area contributed by atoms with Gasteiger partial charge in [0.2, 0.25) is 5.56 Å². The lowest BCUT2D eigenvalue weighted by atomic mass is 10.1. The van der Waals surface area contributed by atoms with Crippen molar-refractivity contribution in [2.24, 2.45) is 0 Å². The van der Waals surface area contributed by atoms with Gasteiger partial charge in [-0.2, -0.15) is 0 Å². The van der Waals surface area contributed by atoms with Gasteiger partial charge in [-0.25, -0.2) is 8.42 Å². The van der Waals surface area contributed by atoms with Gasteiger partial charge in [0, 0.05) is 24.6 Å². The second-order valence-corrected chi connectivity index (χ2v) is 6.20. The van der Waals surface area contributed by atoms with E-state index in [0.29, 0.717) is 18.5 Å². The van der Waals surface area contributed by atoms with Gasteiger partial charge in [0.1, 0.15) is 4.90 Å². The van der Waals surface area contributed by atoms with Crippen LogP contribution in [0.2, 0.25) is 0 Å². The molecular weight excluding hydrogens is 292 g/mol. The van der Waals surface area contributed by atoms with Crippen LogP contribution >= 0.6 is 0 Å². The van der Waals surface area contributed by atoms with E-state index >= 15 is 0 Å². The molecule has 0 radical (unpaired) electrons. The molecule has 0 bridgehead atoms. The zero-order chi connectivity index (χ0) is 15.3. The van der Waals surface area contributed by atoms with Gasteiger partial charge >= 0.3 is 0 Å². The highest BCUT2D eigenvalue weighted by molar-refractivity contribution is 7.92. The first-order valence-corrected chi connectivity index (χ1v) is 7.91. The maximum atomic E-state index is 12.2. The Bertz CT molecular complexity index is 748. The molecule has 0 fully saturated rings. The number of aromatic amines is 1. The van der Waals surface area contributed by atoms with Crippen molar-refractivity contribution in [2.45, 2.75) is 17.7 Å². The minimum absolute atomic E-state index is 0.0112. The van der Waals surface area contributed by atoms with Crippen molar-refractivity contribution in [3.63, 3.8) is 0 Å². The number of aliphatic hydroxyl groups excluding tert-OH is 1. The molecule has 1 aromatic heterocycles. The molecule has 2 rings (SSSR count). The predicted molar refractivity (Wildman–Crippen MR) is 79.7 cm³/mol. The number of aryl methyl sites for hydroxylation is 1. The largest absolute Gasteiger partial charge is 0.396 e. The number of hydrogen-bond donors (Lipinski definition) is 3. The number of aromatic nitrogens is 1. The molecule has 6 nitrogen and oxygen atoms in total. The standard InChI is InChI=1S/C14H16N2O4S/c17-8-2-4-11-3-1-5-12(9-11)16-21(19,20)13-6-7-14(18)15-10-13/h1,3,5-7,9-10,16-17H,2,4,8H2,(H,15,18).